The first-order valence-electron chi connectivity index (χ1n) is 12.4. The molecule has 4 saturated carbocycles. The Hall–Kier alpha value is -1.43. The molecule has 2 bridgehead atoms. The molecule has 0 unspecified atom stereocenters. The molecule has 1 spiro atoms. The summed E-state index contributed by atoms with van der Waals surface area (Å²) in [6.45, 7) is 6.29. The fraction of sp³-hybridized carbons (Fsp3) is 0.741. The van der Waals surface area contributed by atoms with Gasteiger partial charge in [0.1, 0.15) is 6.10 Å². The molecule has 4 fully saturated rings. The van der Waals surface area contributed by atoms with Gasteiger partial charge in [0, 0.05) is 11.3 Å². The lowest BCUT2D eigenvalue weighted by molar-refractivity contribution is -0.264. The lowest BCUT2D eigenvalue weighted by Crippen LogP contribution is -2.65. The molecule has 0 aromatic heterocycles. The lowest BCUT2D eigenvalue weighted by atomic mass is 9.38. The van der Waals surface area contributed by atoms with Crippen LogP contribution in [0.1, 0.15) is 82.5 Å². The zero-order valence-electron chi connectivity index (χ0n) is 19.6. The molecule has 32 heavy (non-hydrogen) atoms. The summed E-state index contributed by atoms with van der Waals surface area (Å²) in [5.74, 6) is 0.181. The number of hydrogen-bond acceptors (Lipinski definition) is 5. The predicted octanol–water partition coefficient (Wildman–Crippen LogP) is 4.30. The van der Waals surface area contributed by atoms with Crippen molar-refractivity contribution in [1.82, 2.24) is 0 Å². The molecule has 0 amide bonds. The summed E-state index contributed by atoms with van der Waals surface area (Å²) in [5.41, 5.74) is -0.938. The van der Waals surface area contributed by atoms with E-state index < -0.39 is 17.3 Å². The molecule has 4 aliphatic rings. The van der Waals surface area contributed by atoms with Crippen molar-refractivity contribution in [3.63, 3.8) is 0 Å². The maximum Gasteiger partial charge on any atom is 0.338 e. The van der Waals surface area contributed by atoms with Crippen LogP contribution in [-0.2, 0) is 4.74 Å². The van der Waals surface area contributed by atoms with Crippen molar-refractivity contribution in [2.75, 3.05) is 0 Å². The third-order valence-corrected chi connectivity index (χ3v) is 10.6. The van der Waals surface area contributed by atoms with Crippen molar-refractivity contribution in [3.8, 4) is 0 Å². The zero-order valence-corrected chi connectivity index (χ0v) is 19.6. The molecule has 5 heteroatoms. The van der Waals surface area contributed by atoms with Crippen LogP contribution in [0.3, 0.4) is 0 Å². The largest absolute Gasteiger partial charge is 0.458 e. The Morgan fingerprint density at radius 1 is 1.00 bits per heavy atom. The van der Waals surface area contributed by atoms with Gasteiger partial charge in [0.25, 0.3) is 0 Å². The van der Waals surface area contributed by atoms with Crippen LogP contribution in [0.2, 0.25) is 0 Å². The summed E-state index contributed by atoms with van der Waals surface area (Å²) >= 11 is 0. The molecule has 5 nitrogen and oxygen atoms in total. The Morgan fingerprint density at radius 3 is 2.41 bits per heavy atom. The van der Waals surface area contributed by atoms with Gasteiger partial charge >= 0.3 is 5.97 Å². The average molecular weight is 443 g/mol. The van der Waals surface area contributed by atoms with E-state index in [4.69, 9.17) is 4.74 Å². The van der Waals surface area contributed by atoms with Crippen molar-refractivity contribution in [2.45, 2.75) is 90.1 Å². The summed E-state index contributed by atoms with van der Waals surface area (Å²) in [7, 11) is 0. The number of rotatable bonds is 3. The normalized spacial score (nSPS) is 47.6. The molecular weight excluding hydrogens is 404 g/mol. The predicted molar refractivity (Wildman–Crippen MR) is 121 cm³/mol. The minimum absolute atomic E-state index is 0.0663. The zero-order chi connectivity index (χ0) is 22.9. The number of ether oxygens (including phenoxy) is 1. The molecule has 3 N–H and O–H groups in total. The summed E-state index contributed by atoms with van der Waals surface area (Å²) in [6.07, 6.45) is 5.30. The van der Waals surface area contributed by atoms with E-state index in [9.17, 15) is 20.1 Å². The molecule has 0 heterocycles. The molecule has 0 radical (unpaired) electrons. The first-order valence-corrected chi connectivity index (χ1v) is 12.4. The van der Waals surface area contributed by atoms with E-state index in [2.05, 4.69) is 6.92 Å². The molecule has 5 rings (SSSR count). The third-order valence-electron chi connectivity index (χ3n) is 10.6. The van der Waals surface area contributed by atoms with Crippen molar-refractivity contribution < 1.29 is 24.9 Å². The van der Waals surface area contributed by atoms with Crippen molar-refractivity contribution in [1.29, 1.82) is 0 Å². The Labute approximate surface area is 191 Å². The molecule has 0 aliphatic heterocycles. The summed E-state index contributed by atoms with van der Waals surface area (Å²) < 4.78 is 6.24. The molecule has 1 aromatic carbocycles. The minimum atomic E-state index is -1.46. The minimum Gasteiger partial charge on any atom is -0.458 e. The molecule has 8 atom stereocenters. The summed E-state index contributed by atoms with van der Waals surface area (Å²) in [4.78, 5) is 13.1. The van der Waals surface area contributed by atoms with Gasteiger partial charge in [-0.25, -0.2) is 4.79 Å². The van der Waals surface area contributed by atoms with E-state index in [0.29, 0.717) is 17.9 Å². The Morgan fingerprint density at radius 2 is 1.72 bits per heavy atom. The van der Waals surface area contributed by atoms with Crippen LogP contribution in [-0.4, -0.2) is 39.3 Å². The maximum absolute atomic E-state index is 13.1. The number of esters is 1. The van der Waals surface area contributed by atoms with E-state index >= 15 is 0 Å². The first kappa shape index (κ1) is 22.4. The topological polar surface area (TPSA) is 87.0 Å². The molecule has 0 saturated heterocycles. The number of benzene rings is 1. The van der Waals surface area contributed by atoms with Crippen LogP contribution >= 0.6 is 0 Å². The van der Waals surface area contributed by atoms with Crippen molar-refractivity contribution in [3.05, 3.63) is 35.9 Å². The van der Waals surface area contributed by atoms with Gasteiger partial charge in [-0.2, -0.15) is 0 Å². The van der Waals surface area contributed by atoms with Crippen LogP contribution in [0.25, 0.3) is 0 Å². The summed E-state index contributed by atoms with van der Waals surface area (Å²) in [5, 5.41) is 32.2. The average Bonchev–Trinajstić information content (AvgIpc) is 3.09. The first-order chi connectivity index (χ1) is 15.0. The van der Waals surface area contributed by atoms with Gasteiger partial charge in [-0.15, -0.1) is 0 Å². The number of carbonyl (C=O) groups is 1. The van der Waals surface area contributed by atoms with E-state index in [0.717, 1.165) is 44.9 Å². The highest BCUT2D eigenvalue weighted by molar-refractivity contribution is 5.89. The van der Waals surface area contributed by atoms with Crippen LogP contribution in [0.5, 0.6) is 0 Å². The van der Waals surface area contributed by atoms with Crippen molar-refractivity contribution in [2.24, 2.45) is 34.0 Å². The van der Waals surface area contributed by atoms with Crippen LogP contribution in [0.15, 0.2) is 30.3 Å². The Bertz CT molecular complexity index is 881. The number of aliphatic hydroxyl groups is 3. The van der Waals surface area contributed by atoms with Crippen molar-refractivity contribution >= 4 is 5.97 Å². The molecule has 176 valence electrons. The highest BCUT2D eigenvalue weighted by Crippen LogP contribution is 2.75. The summed E-state index contributed by atoms with van der Waals surface area (Å²) in [6, 6.07) is 9.09. The van der Waals surface area contributed by atoms with Crippen LogP contribution in [0.4, 0.5) is 0 Å². The van der Waals surface area contributed by atoms with E-state index in [1.54, 1.807) is 12.1 Å². The van der Waals surface area contributed by atoms with Gasteiger partial charge < -0.3 is 20.1 Å². The molecule has 4 aliphatic carbocycles. The maximum atomic E-state index is 13.1. The van der Waals surface area contributed by atoms with Gasteiger partial charge in [-0.3, -0.25) is 0 Å². The SMILES string of the molecule is C[C@@]1(C(O)O)CCC[C@@]2(C)[C@H]1[C@H](OC(=O)c1ccccc1)C[C@H]1C[C@@H]3C[C@@]12CC[C@@]3(C)O. The third kappa shape index (κ3) is 2.97. The standard InChI is InChI=1S/C27H38O5/c1-24(23(29)30)10-7-11-25(2)21(24)20(32-22(28)17-8-5-4-6-9-17)15-18-14-19-16-27(18,25)13-12-26(19,3)31/h4-6,8-9,18-21,23,29-31H,7,10-16H2,1-3H3/t18-,19-,20-,21+,24-,25+,26-,27+/m1/s1. The quantitative estimate of drug-likeness (QED) is 0.480. The molecule has 1 aromatic rings. The highest BCUT2D eigenvalue weighted by Gasteiger charge is 2.72. The fourth-order valence-corrected chi connectivity index (χ4v) is 8.90. The second-order valence-corrected chi connectivity index (χ2v) is 12.0. The van der Waals surface area contributed by atoms with E-state index in [-0.39, 0.29) is 34.7 Å². The number of carbonyl (C=O) groups excluding carboxylic acids is 1. The second-order valence-electron chi connectivity index (χ2n) is 12.0. The van der Waals surface area contributed by atoms with Gasteiger partial charge in [0.05, 0.1) is 11.2 Å². The van der Waals surface area contributed by atoms with E-state index in [1.807, 2.05) is 32.0 Å². The number of aliphatic hydroxyl groups excluding tert-OH is 1. The molecular formula is C27H38O5. The second kappa shape index (κ2) is 7.28. The fourth-order valence-electron chi connectivity index (χ4n) is 8.90. The van der Waals surface area contributed by atoms with Crippen LogP contribution in [0, 0.1) is 34.0 Å². The number of hydrogen-bond donors (Lipinski definition) is 3. The van der Waals surface area contributed by atoms with E-state index in [1.165, 1.54) is 0 Å². The smallest absolute Gasteiger partial charge is 0.338 e. The van der Waals surface area contributed by atoms with Gasteiger partial charge in [-0.1, -0.05) is 38.5 Å². The monoisotopic (exact) mass is 442 g/mol. The number of fused-ring (bicyclic) bond motifs is 2. The Kier molecular flexibility index (Phi) is 5.09. The van der Waals surface area contributed by atoms with Gasteiger partial charge in [-0.05, 0) is 86.7 Å². The van der Waals surface area contributed by atoms with Gasteiger partial charge in [0.15, 0.2) is 6.29 Å². The van der Waals surface area contributed by atoms with Gasteiger partial charge in [0.2, 0.25) is 0 Å². The highest BCUT2D eigenvalue weighted by atomic mass is 16.5. The lowest BCUT2D eigenvalue weighted by Gasteiger charge is -2.67. The Balaban J connectivity index is 1.57. The van der Waals surface area contributed by atoms with Crippen LogP contribution < -0.4 is 0 Å².